The molecule has 5 nitrogen and oxygen atoms in total. The lowest BCUT2D eigenvalue weighted by molar-refractivity contribution is 0.0773. The van der Waals surface area contributed by atoms with Gasteiger partial charge in [0.25, 0.3) is 5.91 Å². The van der Waals surface area contributed by atoms with Crippen LogP contribution in [0, 0.1) is 0 Å². The summed E-state index contributed by atoms with van der Waals surface area (Å²) in [4.78, 5) is 19.0. The molecule has 0 bridgehead atoms. The lowest BCUT2D eigenvalue weighted by Crippen LogP contribution is -2.41. The largest absolute Gasteiger partial charge is 0.373 e. The summed E-state index contributed by atoms with van der Waals surface area (Å²) >= 11 is 0. The van der Waals surface area contributed by atoms with Gasteiger partial charge in [-0.15, -0.1) is 0 Å². The molecule has 0 radical (unpaired) electrons. The highest BCUT2D eigenvalue weighted by Crippen LogP contribution is 2.22. The number of para-hydroxylation sites is 1. The molecule has 1 amide bonds. The highest BCUT2D eigenvalue weighted by Gasteiger charge is 2.23. The first-order chi connectivity index (χ1) is 10.2. The van der Waals surface area contributed by atoms with Crippen molar-refractivity contribution in [1.29, 1.82) is 0 Å². The minimum Gasteiger partial charge on any atom is -0.373 e. The molecule has 1 aromatic heterocycles. The van der Waals surface area contributed by atoms with Crippen molar-refractivity contribution >= 4 is 33.4 Å². The third-order valence-electron chi connectivity index (χ3n) is 3.67. The van der Waals surface area contributed by atoms with Crippen LogP contribution >= 0.6 is 0 Å². The monoisotopic (exact) mass is 303 g/mol. The second-order valence-corrected chi connectivity index (χ2v) is 6.66. The van der Waals surface area contributed by atoms with Crippen LogP contribution in [-0.4, -0.2) is 51.6 Å². The molecule has 0 aliphatic carbocycles. The molecule has 0 atom stereocenters. The summed E-state index contributed by atoms with van der Waals surface area (Å²) in [6.45, 7) is 1.11. The highest BCUT2D eigenvalue weighted by atomic mass is 32.2. The number of rotatable bonds is 2. The van der Waals surface area contributed by atoms with Crippen LogP contribution in [0.15, 0.2) is 30.3 Å². The lowest BCUT2D eigenvalue weighted by Gasteiger charge is -2.27. The van der Waals surface area contributed by atoms with Gasteiger partial charge in [-0.2, -0.15) is 0 Å². The fourth-order valence-electron chi connectivity index (χ4n) is 2.49. The Morgan fingerprint density at radius 3 is 2.71 bits per heavy atom. The maximum absolute atomic E-state index is 12.8. The zero-order valence-corrected chi connectivity index (χ0v) is 12.7. The van der Waals surface area contributed by atoms with E-state index in [0.29, 0.717) is 36.0 Å². The molecule has 1 saturated heterocycles. The van der Waals surface area contributed by atoms with Crippen LogP contribution in [0.3, 0.4) is 0 Å². The number of carbonyl (C=O) groups excluding carboxylic acids is 1. The van der Waals surface area contributed by atoms with Gasteiger partial charge >= 0.3 is 0 Å². The Morgan fingerprint density at radius 2 is 2.00 bits per heavy atom. The van der Waals surface area contributed by atoms with E-state index in [4.69, 9.17) is 0 Å². The van der Waals surface area contributed by atoms with Crippen LogP contribution in [0.5, 0.6) is 0 Å². The number of anilines is 1. The van der Waals surface area contributed by atoms with Crippen LogP contribution in [0.2, 0.25) is 0 Å². The molecule has 0 saturated carbocycles. The third-order valence-corrected chi connectivity index (χ3v) is 4.94. The highest BCUT2D eigenvalue weighted by molar-refractivity contribution is 7.85. The Morgan fingerprint density at radius 1 is 1.29 bits per heavy atom. The summed E-state index contributed by atoms with van der Waals surface area (Å²) < 4.78 is 11.4. The summed E-state index contributed by atoms with van der Waals surface area (Å²) in [6.07, 6.45) is 0. The summed E-state index contributed by atoms with van der Waals surface area (Å²) in [5.41, 5.74) is 1.45. The van der Waals surface area contributed by atoms with E-state index in [0.717, 1.165) is 10.9 Å². The van der Waals surface area contributed by atoms with Crippen molar-refractivity contribution in [2.75, 3.05) is 37.0 Å². The molecule has 2 heterocycles. The zero-order valence-electron chi connectivity index (χ0n) is 11.8. The molecule has 1 aliphatic rings. The van der Waals surface area contributed by atoms with Crippen molar-refractivity contribution in [1.82, 2.24) is 9.88 Å². The van der Waals surface area contributed by atoms with Crippen molar-refractivity contribution in [3.63, 3.8) is 0 Å². The van der Waals surface area contributed by atoms with Gasteiger partial charge in [0.1, 0.15) is 5.82 Å². The first kappa shape index (κ1) is 14.0. The minimum atomic E-state index is -0.786. The smallest absolute Gasteiger partial charge is 0.254 e. The Kier molecular flexibility index (Phi) is 3.88. The number of amides is 1. The third kappa shape index (κ3) is 2.76. The normalized spacial score (nSPS) is 16.1. The molecule has 1 aromatic carbocycles. The maximum atomic E-state index is 12.8. The molecule has 1 N–H and O–H groups in total. The second kappa shape index (κ2) is 5.81. The van der Waals surface area contributed by atoms with E-state index in [1.54, 1.807) is 18.0 Å². The first-order valence-corrected chi connectivity index (χ1v) is 8.39. The summed E-state index contributed by atoms with van der Waals surface area (Å²) in [5, 5.41) is 3.85. The van der Waals surface area contributed by atoms with Crippen molar-refractivity contribution in [3.05, 3.63) is 35.9 Å². The quantitative estimate of drug-likeness (QED) is 0.913. The van der Waals surface area contributed by atoms with Gasteiger partial charge in [0.05, 0.1) is 11.1 Å². The molecule has 1 aliphatic heterocycles. The number of hydrogen-bond acceptors (Lipinski definition) is 4. The molecular weight excluding hydrogens is 286 g/mol. The first-order valence-electron chi connectivity index (χ1n) is 6.91. The topological polar surface area (TPSA) is 62.3 Å². The van der Waals surface area contributed by atoms with Crippen LogP contribution in [0.1, 0.15) is 10.4 Å². The summed E-state index contributed by atoms with van der Waals surface area (Å²) in [5.74, 6) is 1.79. The number of pyridine rings is 1. The average Bonchev–Trinajstić information content (AvgIpc) is 2.53. The Labute approximate surface area is 125 Å². The van der Waals surface area contributed by atoms with E-state index in [1.807, 2.05) is 24.3 Å². The fraction of sp³-hybridized carbons (Fsp3) is 0.333. The van der Waals surface area contributed by atoms with Crippen LogP contribution < -0.4 is 5.32 Å². The van der Waals surface area contributed by atoms with Crippen molar-refractivity contribution < 1.29 is 9.00 Å². The second-order valence-electron chi connectivity index (χ2n) is 4.96. The molecule has 0 unspecified atom stereocenters. The van der Waals surface area contributed by atoms with E-state index in [2.05, 4.69) is 10.3 Å². The number of carbonyl (C=O) groups is 1. The van der Waals surface area contributed by atoms with E-state index < -0.39 is 10.8 Å². The number of benzene rings is 1. The van der Waals surface area contributed by atoms with E-state index in [9.17, 15) is 9.00 Å². The molecule has 2 aromatic rings. The van der Waals surface area contributed by atoms with E-state index in [1.165, 1.54) is 0 Å². The van der Waals surface area contributed by atoms with Crippen molar-refractivity contribution in [2.45, 2.75) is 0 Å². The Hall–Kier alpha value is -1.95. The predicted octanol–water partition coefficient (Wildman–Crippen LogP) is 1.48. The van der Waals surface area contributed by atoms with Gasteiger partial charge in [-0.25, -0.2) is 4.98 Å². The van der Waals surface area contributed by atoms with Crippen molar-refractivity contribution in [3.8, 4) is 0 Å². The van der Waals surface area contributed by atoms with E-state index >= 15 is 0 Å². The molecule has 1 fully saturated rings. The molecular formula is C15H17N3O2S. The SMILES string of the molecule is CNc1cc(C(=O)N2CCS(=O)CC2)c2ccccc2n1. The summed E-state index contributed by atoms with van der Waals surface area (Å²) in [7, 11) is 1.00. The van der Waals surface area contributed by atoms with E-state index in [-0.39, 0.29) is 5.91 Å². The van der Waals surface area contributed by atoms with Gasteiger partial charge in [-0.3, -0.25) is 9.00 Å². The Balaban J connectivity index is 2.02. The molecule has 0 spiro atoms. The molecule has 3 rings (SSSR count). The molecule has 21 heavy (non-hydrogen) atoms. The predicted molar refractivity (Wildman–Crippen MR) is 85.1 cm³/mol. The van der Waals surface area contributed by atoms with Gasteiger partial charge in [0.15, 0.2) is 0 Å². The molecule has 110 valence electrons. The maximum Gasteiger partial charge on any atom is 0.254 e. The van der Waals surface area contributed by atoms with Crippen LogP contribution in [0.4, 0.5) is 5.82 Å². The van der Waals surface area contributed by atoms with Gasteiger partial charge in [0, 0.05) is 47.8 Å². The Bertz CT molecular complexity index is 707. The lowest BCUT2D eigenvalue weighted by atomic mass is 10.1. The summed E-state index contributed by atoms with van der Waals surface area (Å²) in [6, 6.07) is 9.42. The molecule has 6 heteroatoms. The standard InChI is InChI=1S/C15H17N3O2S/c1-16-14-10-12(11-4-2-3-5-13(11)17-14)15(19)18-6-8-21(20)9-7-18/h2-5,10H,6-9H2,1H3,(H,16,17). The van der Waals surface area contributed by atoms with Crippen LogP contribution in [0.25, 0.3) is 10.9 Å². The zero-order chi connectivity index (χ0) is 14.8. The number of hydrogen-bond donors (Lipinski definition) is 1. The van der Waals surface area contributed by atoms with Gasteiger partial charge in [0.2, 0.25) is 0 Å². The number of nitrogens with zero attached hydrogens (tertiary/aromatic N) is 2. The fourth-order valence-corrected chi connectivity index (χ4v) is 3.54. The minimum absolute atomic E-state index is 0.0122. The van der Waals surface area contributed by atoms with Crippen molar-refractivity contribution in [2.24, 2.45) is 0 Å². The average molecular weight is 303 g/mol. The van der Waals surface area contributed by atoms with Gasteiger partial charge in [-0.1, -0.05) is 18.2 Å². The number of nitrogens with one attached hydrogen (secondary N) is 1. The number of fused-ring (bicyclic) bond motifs is 1. The van der Waals surface area contributed by atoms with Gasteiger partial charge < -0.3 is 10.2 Å². The van der Waals surface area contributed by atoms with Gasteiger partial charge in [-0.05, 0) is 12.1 Å². The number of aromatic nitrogens is 1. The van der Waals surface area contributed by atoms with Crippen LogP contribution in [-0.2, 0) is 10.8 Å².